The molecule has 4 aromatic rings. The predicted molar refractivity (Wildman–Crippen MR) is 169 cm³/mol. The van der Waals surface area contributed by atoms with Crippen molar-refractivity contribution in [3.63, 3.8) is 0 Å². The standard InChI is InChI=1S/C33H37N5O3S/c1-7-17-42-33-36-32-34-23(5)29(31(39)35-26-10-8-9-21(3)22(26)4)30(38(32)37-33)25-15-16-27(28(18-25)40-6)41-19-24-13-11-20(2)12-14-24/h8-16,18,30H,7,17,19H2,1-6H3,(H,35,39)(H,34,36,37). The van der Waals surface area contributed by atoms with E-state index in [1.807, 2.05) is 57.2 Å². The van der Waals surface area contributed by atoms with Gasteiger partial charge in [0.1, 0.15) is 12.6 Å². The van der Waals surface area contributed by atoms with Gasteiger partial charge in [0.2, 0.25) is 11.1 Å². The molecule has 8 nitrogen and oxygen atoms in total. The summed E-state index contributed by atoms with van der Waals surface area (Å²) in [5.41, 5.74) is 7.29. The van der Waals surface area contributed by atoms with Gasteiger partial charge in [-0.2, -0.15) is 4.98 Å². The number of rotatable bonds is 10. The molecule has 9 heteroatoms. The molecule has 1 atom stereocenters. The zero-order valence-electron chi connectivity index (χ0n) is 24.9. The first-order chi connectivity index (χ1) is 20.3. The zero-order valence-corrected chi connectivity index (χ0v) is 25.8. The summed E-state index contributed by atoms with van der Waals surface area (Å²) in [5.74, 6) is 2.49. The van der Waals surface area contributed by atoms with Crippen LogP contribution in [0.5, 0.6) is 11.5 Å². The predicted octanol–water partition coefficient (Wildman–Crippen LogP) is 7.22. The Bertz CT molecular complexity index is 1630. The Morgan fingerprint density at radius 2 is 1.83 bits per heavy atom. The van der Waals surface area contributed by atoms with Crippen molar-refractivity contribution in [3.8, 4) is 11.5 Å². The normalized spacial score (nSPS) is 14.3. The highest BCUT2D eigenvalue weighted by atomic mass is 32.2. The first-order valence-electron chi connectivity index (χ1n) is 14.1. The van der Waals surface area contributed by atoms with Gasteiger partial charge in [0.05, 0.1) is 12.7 Å². The van der Waals surface area contributed by atoms with E-state index in [1.165, 1.54) is 5.56 Å². The van der Waals surface area contributed by atoms with Crippen LogP contribution in [0.1, 0.15) is 54.1 Å². The number of carbonyl (C=O) groups is 1. The summed E-state index contributed by atoms with van der Waals surface area (Å²) in [4.78, 5) is 18.7. The van der Waals surface area contributed by atoms with Gasteiger partial charge in [-0.05, 0) is 74.6 Å². The van der Waals surface area contributed by atoms with Crippen molar-refractivity contribution >= 4 is 29.3 Å². The average molecular weight is 584 g/mol. The molecule has 5 rings (SSSR count). The molecule has 0 fully saturated rings. The molecule has 1 aliphatic heterocycles. The number of nitrogens with zero attached hydrogens (tertiary/aromatic N) is 3. The van der Waals surface area contributed by atoms with E-state index < -0.39 is 6.04 Å². The van der Waals surface area contributed by atoms with Gasteiger partial charge in [-0.3, -0.25) is 4.79 Å². The minimum absolute atomic E-state index is 0.207. The van der Waals surface area contributed by atoms with Gasteiger partial charge in [-0.1, -0.05) is 66.7 Å². The fourth-order valence-electron chi connectivity index (χ4n) is 4.88. The number of ether oxygens (including phenoxy) is 2. The summed E-state index contributed by atoms with van der Waals surface area (Å²) in [6.07, 6.45) is 1.01. The molecule has 0 aliphatic carbocycles. The number of anilines is 2. The lowest BCUT2D eigenvalue weighted by molar-refractivity contribution is -0.113. The van der Waals surface area contributed by atoms with Crippen LogP contribution in [0.15, 0.2) is 77.1 Å². The highest BCUT2D eigenvalue weighted by molar-refractivity contribution is 7.99. The molecule has 42 heavy (non-hydrogen) atoms. The molecule has 218 valence electrons. The minimum Gasteiger partial charge on any atom is -0.493 e. The van der Waals surface area contributed by atoms with Crippen LogP contribution in [0.4, 0.5) is 11.6 Å². The van der Waals surface area contributed by atoms with Crippen LogP contribution in [0.25, 0.3) is 0 Å². The highest BCUT2D eigenvalue weighted by Gasteiger charge is 2.35. The van der Waals surface area contributed by atoms with Crippen molar-refractivity contribution in [2.45, 2.75) is 58.8 Å². The molecule has 2 heterocycles. The van der Waals surface area contributed by atoms with Crippen molar-refractivity contribution in [2.75, 3.05) is 23.5 Å². The summed E-state index contributed by atoms with van der Waals surface area (Å²) in [7, 11) is 1.62. The monoisotopic (exact) mass is 583 g/mol. The molecule has 0 radical (unpaired) electrons. The van der Waals surface area contributed by atoms with Crippen LogP contribution in [-0.4, -0.2) is 33.5 Å². The summed E-state index contributed by atoms with van der Waals surface area (Å²) in [6.45, 7) is 10.5. The lowest BCUT2D eigenvalue weighted by Crippen LogP contribution is -2.31. The minimum atomic E-state index is -0.533. The van der Waals surface area contributed by atoms with E-state index in [0.29, 0.717) is 40.5 Å². The van der Waals surface area contributed by atoms with E-state index in [4.69, 9.17) is 19.6 Å². The van der Waals surface area contributed by atoms with E-state index in [0.717, 1.165) is 40.1 Å². The number of aromatic nitrogens is 3. The highest BCUT2D eigenvalue weighted by Crippen LogP contribution is 2.40. The van der Waals surface area contributed by atoms with Crippen molar-refractivity contribution in [1.82, 2.24) is 14.8 Å². The van der Waals surface area contributed by atoms with E-state index in [-0.39, 0.29) is 5.91 Å². The molecule has 0 saturated carbocycles. The van der Waals surface area contributed by atoms with E-state index in [9.17, 15) is 4.79 Å². The van der Waals surface area contributed by atoms with Crippen LogP contribution in [0, 0.1) is 20.8 Å². The lowest BCUT2D eigenvalue weighted by Gasteiger charge is -2.29. The first kappa shape index (κ1) is 29.3. The van der Waals surface area contributed by atoms with E-state index in [2.05, 4.69) is 48.7 Å². The second-order valence-electron chi connectivity index (χ2n) is 10.5. The molecule has 0 saturated heterocycles. The molecule has 3 aromatic carbocycles. The second kappa shape index (κ2) is 12.7. The number of allylic oxidation sites excluding steroid dienone is 1. The van der Waals surface area contributed by atoms with E-state index in [1.54, 1.807) is 23.6 Å². The lowest BCUT2D eigenvalue weighted by atomic mass is 9.94. The Morgan fingerprint density at radius 3 is 2.57 bits per heavy atom. The fraction of sp³-hybridized carbons (Fsp3) is 0.303. The Hall–Kier alpha value is -4.24. The van der Waals surface area contributed by atoms with Crippen molar-refractivity contribution in [3.05, 3.63) is 99.8 Å². The number of aryl methyl sites for hydroxylation is 2. The number of hydrogen-bond donors (Lipinski definition) is 2. The summed E-state index contributed by atoms with van der Waals surface area (Å²) in [6, 6.07) is 19.4. The van der Waals surface area contributed by atoms with Crippen LogP contribution >= 0.6 is 11.8 Å². The maximum absolute atomic E-state index is 14.0. The van der Waals surface area contributed by atoms with Gasteiger partial charge >= 0.3 is 0 Å². The number of nitrogens with one attached hydrogen (secondary N) is 2. The van der Waals surface area contributed by atoms with Crippen molar-refractivity contribution in [2.24, 2.45) is 0 Å². The third-order valence-electron chi connectivity index (χ3n) is 7.38. The fourth-order valence-corrected chi connectivity index (χ4v) is 5.57. The maximum Gasteiger partial charge on any atom is 0.255 e. The Balaban J connectivity index is 1.52. The zero-order chi connectivity index (χ0) is 29.8. The average Bonchev–Trinajstić information content (AvgIpc) is 3.39. The Labute approximate surface area is 251 Å². The Kier molecular flexibility index (Phi) is 8.87. The quantitative estimate of drug-likeness (QED) is 0.191. The number of amides is 1. The number of hydrogen-bond acceptors (Lipinski definition) is 7. The number of carbonyl (C=O) groups excluding carboxylic acids is 1. The molecule has 2 N–H and O–H groups in total. The van der Waals surface area contributed by atoms with Crippen molar-refractivity contribution < 1.29 is 14.3 Å². The van der Waals surface area contributed by atoms with Crippen LogP contribution in [-0.2, 0) is 11.4 Å². The molecule has 0 spiro atoms. The summed E-state index contributed by atoms with van der Waals surface area (Å²) in [5, 5.41) is 12.0. The largest absolute Gasteiger partial charge is 0.493 e. The molecule has 1 aromatic heterocycles. The molecular formula is C33H37N5O3S. The molecular weight excluding hydrogens is 546 g/mol. The number of methoxy groups -OCH3 is 1. The van der Waals surface area contributed by atoms with Gasteiger partial charge in [0.25, 0.3) is 5.91 Å². The van der Waals surface area contributed by atoms with Gasteiger partial charge in [0.15, 0.2) is 11.5 Å². The number of benzene rings is 3. The summed E-state index contributed by atoms with van der Waals surface area (Å²) >= 11 is 1.60. The van der Waals surface area contributed by atoms with Gasteiger partial charge in [-0.15, -0.1) is 5.10 Å². The van der Waals surface area contributed by atoms with Gasteiger partial charge in [-0.25, -0.2) is 4.68 Å². The topological polar surface area (TPSA) is 90.3 Å². The number of fused-ring (bicyclic) bond motifs is 1. The van der Waals surface area contributed by atoms with Crippen LogP contribution in [0.2, 0.25) is 0 Å². The molecule has 1 unspecified atom stereocenters. The third kappa shape index (κ3) is 6.16. The Morgan fingerprint density at radius 1 is 1.05 bits per heavy atom. The van der Waals surface area contributed by atoms with Crippen LogP contribution < -0.4 is 20.1 Å². The van der Waals surface area contributed by atoms with Crippen LogP contribution in [0.3, 0.4) is 0 Å². The van der Waals surface area contributed by atoms with Gasteiger partial charge in [0, 0.05) is 17.1 Å². The van der Waals surface area contributed by atoms with Crippen molar-refractivity contribution in [1.29, 1.82) is 0 Å². The SMILES string of the molecule is CCCSc1nc2n(n1)C(c1ccc(OCc3ccc(C)cc3)c(OC)c1)C(C(=O)Nc1cccc(C)c1C)=C(C)N2. The smallest absolute Gasteiger partial charge is 0.255 e. The molecule has 1 aliphatic rings. The summed E-state index contributed by atoms with van der Waals surface area (Å²) < 4.78 is 13.7. The number of thioether (sulfide) groups is 1. The second-order valence-corrected chi connectivity index (χ2v) is 11.5. The van der Waals surface area contributed by atoms with Gasteiger partial charge < -0.3 is 20.1 Å². The molecule has 0 bridgehead atoms. The van der Waals surface area contributed by atoms with E-state index >= 15 is 0 Å². The first-order valence-corrected chi connectivity index (χ1v) is 15.1. The maximum atomic E-state index is 14.0. The third-order valence-corrected chi connectivity index (χ3v) is 8.43. The molecule has 1 amide bonds.